The molecule has 34 heavy (non-hydrogen) atoms. The maximum atomic E-state index is 12.7. The van der Waals surface area contributed by atoms with Crippen molar-refractivity contribution in [2.75, 3.05) is 40.0 Å². The van der Waals surface area contributed by atoms with Crippen LogP contribution in [0.15, 0.2) is 70.7 Å². The van der Waals surface area contributed by atoms with E-state index in [4.69, 9.17) is 13.9 Å². The van der Waals surface area contributed by atoms with Crippen LogP contribution in [-0.2, 0) is 22.6 Å². The van der Waals surface area contributed by atoms with E-state index in [9.17, 15) is 4.79 Å². The van der Waals surface area contributed by atoms with Crippen LogP contribution in [0.4, 0.5) is 0 Å². The number of nitrogens with zero attached hydrogens (tertiary/aromatic N) is 2. The second-order valence-electron chi connectivity index (χ2n) is 8.47. The molecule has 6 nitrogen and oxygen atoms in total. The summed E-state index contributed by atoms with van der Waals surface area (Å²) in [5.41, 5.74) is 3.47. The number of benzene rings is 2. The topological polar surface area (TPSA) is 55.2 Å². The molecule has 0 N–H and O–H groups in total. The maximum absolute atomic E-state index is 12.7. The summed E-state index contributed by atoms with van der Waals surface area (Å²) in [4.78, 5) is 16.7. The minimum absolute atomic E-state index is 0.0198. The molecule has 0 unspecified atom stereocenters. The zero-order valence-corrected chi connectivity index (χ0v) is 20.1. The minimum Gasteiger partial charge on any atom is -0.483 e. The van der Waals surface area contributed by atoms with E-state index in [1.807, 2.05) is 18.2 Å². The third-order valence-corrected chi connectivity index (χ3v) is 7.06. The number of ether oxygens (including phenoxy) is 2. The fourth-order valence-corrected chi connectivity index (χ4v) is 5.16. The molecule has 1 fully saturated rings. The molecule has 176 valence electrons. The molecule has 1 saturated heterocycles. The van der Waals surface area contributed by atoms with Crippen molar-refractivity contribution in [3.05, 3.63) is 77.6 Å². The molecule has 1 aliphatic heterocycles. The monoisotopic (exact) mass is 476 g/mol. The molecule has 1 amide bonds. The van der Waals surface area contributed by atoms with Gasteiger partial charge in [0.15, 0.2) is 6.61 Å². The molecule has 2 aromatic heterocycles. The van der Waals surface area contributed by atoms with Crippen LogP contribution >= 0.6 is 11.3 Å². The van der Waals surface area contributed by atoms with Gasteiger partial charge in [-0.1, -0.05) is 24.3 Å². The summed E-state index contributed by atoms with van der Waals surface area (Å²) >= 11 is 1.76. The largest absolute Gasteiger partial charge is 0.483 e. The molecule has 2 aromatic carbocycles. The van der Waals surface area contributed by atoms with Gasteiger partial charge in [0.05, 0.1) is 26.0 Å². The lowest BCUT2D eigenvalue weighted by Gasteiger charge is -2.27. The standard InChI is InChI=1S/C27H28N2O4S/c1-28(17-22-5-4-12-32-22)27(30)18-33-25-9-8-20(15-21(25)16-29-10-13-31-14-11-29)24-19-34-26-7-3-2-6-23(24)26/h2-9,12,15,19H,10-11,13-14,16-18H2,1H3. The summed E-state index contributed by atoms with van der Waals surface area (Å²) in [5, 5.41) is 3.47. The van der Waals surface area contributed by atoms with Crippen LogP contribution in [0.25, 0.3) is 21.2 Å². The third-order valence-electron chi connectivity index (χ3n) is 6.10. The van der Waals surface area contributed by atoms with Crippen LogP contribution in [0.3, 0.4) is 0 Å². The first-order valence-electron chi connectivity index (χ1n) is 11.5. The van der Waals surface area contributed by atoms with Crippen LogP contribution in [0, 0.1) is 0 Å². The van der Waals surface area contributed by atoms with Gasteiger partial charge in [0.2, 0.25) is 0 Å². The van der Waals surface area contributed by atoms with Crippen LogP contribution in [0.2, 0.25) is 0 Å². The fourth-order valence-electron chi connectivity index (χ4n) is 4.19. The van der Waals surface area contributed by atoms with Gasteiger partial charge in [0, 0.05) is 47.9 Å². The Morgan fingerprint density at radius 1 is 1.12 bits per heavy atom. The van der Waals surface area contributed by atoms with E-state index in [1.54, 1.807) is 29.5 Å². The Labute approximate surface area is 203 Å². The summed E-state index contributed by atoms with van der Waals surface area (Å²) in [6.07, 6.45) is 1.61. The number of amides is 1. The van der Waals surface area contributed by atoms with E-state index in [1.165, 1.54) is 15.6 Å². The first kappa shape index (κ1) is 22.7. The van der Waals surface area contributed by atoms with Gasteiger partial charge in [-0.25, -0.2) is 0 Å². The Bertz CT molecular complexity index is 1240. The fraction of sp³-hybridized carbons (Fsp3) is 0.296. The number of hydrogen-bond donors (Lipinski definition) is 0. The quantitative estimate of drug-likeness (QED) is 0.357. The number of carbonyl (C=O) groups excluding carboxylic acids is 1. The maximum Gasteiger partial charge on any atom is 0.260 e. The zero-order chi connectivity index (χ0) is 23.3. The molecule has 0 radical (unpaired) electrons. The molecule has 0 atom stereocenters. The average molecular weight is 477 g/mol. The van der Waals surface area contributed by atoms with Gasteiger partial charge in [-0.15, -0.1) is 11.3 Å². The van der Waals surface area contributed by atoms with Crippen LogP contribution in [-0.4, -0.2) is 55.7 Å². The average Bonchev–Trinajstić information content (AvgIpc) is 3.53. The number of thiophene rings is 1. The van der Waals surface area contributed by atoms with E-state index in [0.717, 1.165) is 55.5 Å². The smallest absolute Gasteiger partial charge is 0.260 e. The van der Waals surface area contributed by atoms with Crippen molar-refractivity contribution in [1.29, 1.82) is 0 Å². The number of fused-ring (bicyclic) bond motifs is 1. The van der Waals surface area contributed by atoms with Gasteiger partial charge in [0.25, 0.3) is 5.91 Å². The Hall–Kier alpha value is -3.13. The number of carbonyl (C=O) groups is 1. The molecule has 0 saturated carbocycles. The van der Waals surface area contributed by atoms with Crippen molar-refractivity contribution < 1.29 is 18.7 Å². The van der Waals surface area contributed by atoms with Crippen molar-refractivity contribution in [2.24, 2.45) is 0 Å². The van der Waals surface area contributed by atoms with Gasteiger partial charge in [0.1, 0.15) is 11.5 Å². The Morgan fingerprint density at radius 3 is 2.79 bits per heavy atom. The highest BCUT2D eigenvalue weighted by Crippen LogP contribution is 2.36. The molecular formula is C27H28N2O4S. The Kier molecular flexibility index (Phi) is 6.94. The first-order valence-corrected chi connectivity index (χ1v) is 12.3. The van der Waals surface area contributed by atoms with Crippen LogP contribution in [0.1, 0.15) is 11.3 Å². The second kappa shape index (κ2) is 10.4. The van der Waals surface area contributed by atoms with Crippen molar-refractivity contribution in [1.82, 2.24) is 9.80 Å². The predicted octanol–water partition coefficient (Wildman–Crippen LogP) is 5.03. The summed E-state index contributed by atoms with van der Waals surface area (Å²) in [6.45, 7) is 4.40. The third kappa shape index (κ3) is 5.17. The van der Waals surface area contributed by atoms with Crippen molar-refractivity contribution in [3.63, 3.8) is 0 Å². The second-order valence-corrected chi connectivity index (χ2v) is 9.39. The van der Waals surface area contributed by atoms with Gasteiger partial charge in [-0.05, 0) is 41.3 Å². The molecule has 7 heteroatoms. The van der Waals surface area contributed by atoms with E-state index in [-0.39, 0.29) is 12.5 Å². The molecular weight excluding hydrogens is 448 g/mol. The van der Waals surface area contributed by atoms with Crippen molar-refractivity contribution in [2.45, 2.75) is 13.1 Å². The lowest BCUT2D eigenvalue weighted by atomic mass is 10.0. The molecule has 4 aromatic rings. The normalized spacial score (nSPS) is 14.4. The highest BCUT2D eigenvalue weighted by atomic mass is 32.1. The zero-order valence-electron chi connectivity index (χ0n) is 19.2. The van der Waals surface area contributed by atoms with Crippen LogP contribution in [0.5, 0.6) is 5.75 Å². The molecule has 0 spiro atoms. The molecule has 0 aliphatic carbocycles. The van der Waals surface area contributed by atoms with Gasteiger partial charge in [-0.2, -0.15) is 0 Å². The number of likely N-dealkylation sites (N-methyl/N-ethyl adjacent to an activating group) is 1. The number of rotatable bonds is 8. The summed E-state index contributed by atoms with van der Waals surface area (Å²) in [5.74, 6) is 1.40. The highest BCUT2D eigenvalue weighted by Gasteiger charge is 2.18. The summed E-state index contributed by atoms with van der Waals surface area (Å²) in [6, 6.07) is 18.4. The SMILES string of the molecule is CN(Cc1ccco1)C(=O)COc1ccc(-c2csc3ccccc23)cc1CN1CCOCC1. The van der Waals surface area contributed by atoms with Gasteiger partial charge in [-0.3, -0.25) is 9.69 Å². The van der Waals surface area contributed by atoms with Crippen molar-refractivity contribution in [3.8, 4) is 16.9 Å². The summed E-state index contributed by atoms with van der Waals surface area (Å²) in [7, 11) is 1.76. The number of hydrogen-bond acceptors (Lipinski definition) is 6. The van der Waals surface area contributed by atoms with E-state index in [0.29, 0.717) is 6.54 Å². The molecule has 1 aliphatic rings. The molecule has 3 heterocycles. The predicted molar refractivity (Wildman–Crippen MR) is 134 cm³/mol. The molecule has 0 bridgehead atoms. The van der Waals surface area contributed by atoms with Crippen LogP contribution < -0.4 is 4.74 Å². The Morgan fingerprint density at radius 2 is 1.97 bits per heavy atom. The van der Waals surface area contributed by atoms with E-state index >= 15 is 0 Å². The lowest BCUT2D eigenvalue weighted by Crippen LogP contribution is -2.36. The van der Waals surface area contributed by atoms with Gasteiger partial charge < -0.3 is 18.8 Å². The lowest BCUT2D eigenvalue weighted by molar-refractivity contribution is -0.132. The Balaban J connectivity index is 1.36. The number of furan rings is 1. The van der Waals surface area contributed by atoms with Crippen molar-refractivity contribution >= 4 is 27.3 Å². The minimum atomic E-state index is -0.0957. The molecule has 5 rings (SSSR count). The number of morpholine rings is 1. The first-order chi connectivity index (χ1) is 16.7. The van der Waals surface area contributed by atoms with E-state index < -0.39 is 0 Å². The summed E-state index contributed by atoms with van der Waals surface area (Å²) < 4.78 is 18.2. The highest BCUT2D eigenvalue weighted by molar-refractivity contribution is 7.17. The van der Waals surface area contributed by atoms with Gasteiger partial charge >= 0.3 is 0 Å². The van der Waals surface area contributed by atoms with E-state index in [2.05, 4.69) is 46.7 Å².